The fourth-order valence-corrected chi connectivity index (χ4v) is 2.04. The molecule has 0 atom stereocenters. The molecule has 21 heavy (non-hydrogen) atoms. The van der Waals surface area contributed by atoms with Gasteiger partial charge in [0.2, 0.25) is 0 Å². The van der Waals surface area contributed by atoms with Gasteiger partial charge >= 0.3 is 6.61 Å². The van der Waals surface area contributed by atoms with E-state index in [9.17, 15) is 8.78 Å². The Hall–Kier alpha value is -2.28. The third kappa shape index (κ3) is 3.25. The highest BCUT2D eigenvalue weighted by atomic mass is 19.3. The molecule has 0 unspecified atom stereocenters. The molecule has 0 amide bonds. The summed E-state index contributed by atoms with van der Waals surface area (Å²) in [6.45, 7) is -2.83. The number of hydrogen-bond acceptors (Lipinski definition) is 5. The number of nitrogens with two attached hydrogens (primary N) is 1. The fourth-order valence-electron chi connectivity index (χ4n) is 2.04. The minimum absolute atomic E-state index is 0.101. The normalized spacial score (nSPS) is 14.3. The minimum atomic E-state index is -2.83. The highest BCUT2D eigenvalue weighted by molar-refractivity contribution is 5.59. The molecule has 1 heterocycles. The molecule has 1 aromatic carbocycles. The molecule has 110 valence electrons. The maximum atomic E-state index is 12.1. The van der Waals surface area contributed by atoms with Crippen molar-refractivity contribution in [2.75, 3.05) is 5.43 Å². The zero-order chi connectivity index (χ0) is 14.8. The van der Waals surface area contributed by atoms with Gasteiger partial charge in [-0.25, -0.2) is 15.8 Å². The highest BCUT2D eigenvalue weighted by Gasteiger charge is 2.26. The fraction of sp³-hybridized carbons (Fsp3) is 0.286. The predicted octanol–water partition coefficient (Wildman–Crippen LogP) is 2.91. The Balaban J connectivity index is 1.90. The van der Waals surface area contributed by atoms with Crippen LogP contribution in [0.1, 0.15) is 24.5 Å². The van der Waals surface area contributed by atoms with E-state index in [1.165, 1.54) is 12.1 Å². The predicted molar refractivity (Wildman–Crippen MR) is 73.9 cm³/mol. The van der Waals surface area contributed by atoms with E-state index in [2.05, 4.69) is 20.1 Å². The average molecular weight is 292 g/mol. The molecule has 2 aromatic rings. The number of halogens is 2. The first-order valence-corrected chi connectivity index (χ1v) is 6.56. The summed E-state index contributed by atoms with van der Waals surface area (Å²) in [4.78, 5) is 8.80. The van der Waals surface area contributed by atoms with Crippen molar-refractivity contribution in [2.24, 2.45) is 5.84 Å². The molecular formula is C14H14F2N4O. The van der Waals surface area contributed by atoms with Gasteiger partial charge in [0.1, 0.15) is 11.6 Å². The summed E-state index contributed by atoms with van der Waals surface area (Å²) in [6.07, 6.45) is 2.23. The molecule has 3 rings (SSSR count). The lowest BCUT2D eigenvalue weighted by atomic mass is 10.2. The van der Waals surface area contributed by atoms with Crippen molar-refractivity contribution >= 4 is 5.82 Å². The average Bonchev–Trinajstić information content (AvgIpc) is 3.31. The van der Waals surface area contributed by atoms with Crippen LogP contribution in [0.2, 0.25) is 0 Å². The van der Waals surface area contributed by atoms with Gasteiger partial charge in [0, 0.05) is 23.2 Å². The summed E-state index contributed by atoms with van der Waals surface area (Å²) in [7, 11) is 0. The lowest BCUT2D eigenvalue weighted by Gasteiger charge is -2.08. The van der Waals surface area contributed by atoms with Gasteiger partial charge in [0.25, 0.3) is 0 Å². The lowest BCUT2D eigenvalue weighted by Crippen LogP contribution is -2.10. The Morgan fingerprint density at radius 2 is 1.90 bits per heavy atom. The number of aromatic nitrogens is 2. The van der Waals surface area contributed by atoms with Gasteiger partial charge in [0.15, 0.2) is 5.82 Å². The number of nitrogens with one attached hydrogen (secondary N) is 1. The third-order valence-corrected chi connectivity index (χ3v) is 3.23. The molecule has 3 N–H and O–H groups in total. The SMILES string of the molecule is NNc1cc(C2CC2)nc(-c2ccc(OC(F)F)cc2)n1. The van der Waals surface area contributed by atoms with Gasteiger partial charge in [-0.1, -0.05) is 0 Å². The van der Waals surface area contributed by atoms with E-state index in [0.29, 0.717) is 17.6 Å². The second kappa shape index (κ2) is 5.61. The van der Waals surface area contributed by atoms with Crippen LogP contribution >= 0.6 is 0 Å². The zero-order valence-corrected chi connectivity index (χ0v) is 11.1. The molecular weight excluding hydrogens is 278 g/mol. The molecule has 0 aliphatic heterocycles. The summed E-state index contributed by atoms with van der Waals surface area (Å²) in [5.41, 5.74) is 4.19. The smallest absolute Gasteiger partial charge is 0.387 e. The van der Waals surface area contributed by atoms with Crippen LogP contribution in [0.3, 0.4) is 0 Å². The van der Waals surface area contributed by atoms with Crippen molar-refractivity contribution in [1.82, 2.24) is 9.97 Å². The van der Waals surface area contributed by atoms with Crippen LogP contribution in [0.4, 0.5) is 14.6 Å². The van der Waals surface area contributed by atoms with Crippen molar-refractivity contribution in [2.45, 2.75) is 25.4 Å². The second-order valence-corrected chi connectivity index (χ2v) is 4.82. The summed E-state index contributed by atoms with van der Waals surface area (Å²) < 4.78 is 28.6. The van der Waals surface area contributed by atoms with Gasteiger partial charge in [-0.15, -0.1) is 0 Å². The third-order valence-electron chi connectivity index (χ3n) is 3.23. The van der Waals surface area contributed by atoms with Crippen molar-refractivity contribution < 1.29 is 13.5 Å². The van der Waals surface area contributed by atoms with E-state index in [0.717, 1.165) is 24.1 Å². The molecule has 1 aromatic heterocycles. The molecule has 0 saturated heterocycles. The Kier molecular flexibility index (Phi) is 3.66. The largest absolute Gasteiger partial charge is 0.435 e. The topological polar surface area (TPSA) is 73.1 Å². The molecule has 1 fully saturated rings. The Bertz CT molecular complexity index is 629. The highest BCUT2D eigenvalue weighted by Crippen LogP contribution is 2.40. The van der Waals surface area contributed by atoms with Crippen molar-refractivity contribution in [3.8, 4) is 17.1 Å². The summed E-state index contributed by atoms with van der Waals surface area (Å²) in [5.74, 6) is 7.03. The molecule has 5 nitrogen and oxygen atoms in total. The Labute approximate surface area is 120 Å². The van der Waals surface area contributed by atoms with E-state index in [-0.39, 0.29) is 5.75 Å². The molecule has 1 aliphatic rings. The molecule has 1 saturated carbocycles. The molecule has 0 bridgehead atoms. The number of hydrogen-bond donors (Lipinski definition) is 2. The summed E-state index contributed by atoms with van der Waals surface area (Å²) in [5, 5.41) is 0. The van der Waals surface area contributed by atoms with Gasteiger partial charge < -0.3 is 10.2 Å². The van der Waals surface area contributed by atoms with Crippen LogP contribution < -0.4 is 16.0 Å². The molecule has 7 heteroatoms. The lowest BCUT2D eigenvalue weighted by molar-refractivity contribution is -0.0498. The van der Waals surface area contributed by atoms with Gasteiger partial charge in [-0.2, -0.15) is 8.78 Å². The minimum Gasteiger partial charge on any atom is -0.435 e. The Morgan fingerprint density at radius 3 is 2.48 bits per heavy atom. The first-order chi connectivity index (χ1) is 10.2. The molecule has 0 radical (unpaired) electrons. The van der Waals surface area contributed by atoms with Crippen LogP contribution in [0.15, 0.2) is 30.3 Å². The van der Waals surface area contributed by atoms with Crippen LogP contribution in [0, 0.1) is 0 Å². The maximum Gasteiger partial charge on any atom is 0.387 e. The van der Waals surface area contributed by atoms with Crippen LogP contribution in [0.25, 0.3) is 11.4 Å². The number of ether oxygens (including phenoxy) is 1. The van der Waals surface area contributed by atoms with E-state index in [4.69, 9.17) is 5.84 Å². The number of rotatable bonds is 5. The van der Waals surface area contributed by atoms with Gasteiger partial charge in [-0.3, -0.25) is 0 Å². The molecule has 0 spiro atoms. The van der Waals surface area contributed by atoms with E-state index >= 15 is 0 Å². The summed E-state index contributed by atoms with van der Waals surface area (Å²) >= 11 is 0. The van der Waals surface area contributed by atoms with Gasteiger partial charge in [-0.05, 0) is 37.1 Å². The first-order valence-electron chi connectivity index (χ1n) is 6.56. The standard InChI is InChI=1S/C14H14F2N4O/c15-14(16)21-10-5-3-9(4-6-10)13-18-11(8-1-2-8)7-12(19-13)20-17/h3-8,14H,1-2,17H2,(H,18,19,20). The number of nitrogen functional groups attached to an aromatic ring is 1. The first kappa shape index (κ1) is 13.7. The van der Waals surface area contributed by atoms with Crippen LogP contribution in [0.5, 0.6) is 5.75 Å². The van der Waals surface area contributed by atoms with Crippen molar-refractivity contribution in [3.63, 3.8) is 0 Å². The van der Waals surface area contributed by atoms with Crippen LogP contribution in [-0.4, -0.2) is 16.6 Å². The van der Waals surface area contributed by atoms with Crippen molar-refractivity contribution in [1.29, 1.82) is 0 Å². The number of anilines is 1. The maximum absolute atomic E-state index is 12.1. The van der Waals surface area contributed by atoms with E-state index in [1.807, 2.05) is 6.07 Å². The number of nitrogens with zero attached hydrogens (tertiary/aromatic N) is 2. The summed E-state index contributed by atoms with van der Waals surface area (Å²) in [6, 6.07) is 8.04. The number of benzene rings is 1. The number of alkyl halides is 2. The van der Waals surface area contributed by atoms with E-state index < -0.39 is 6.61 Å². The Morgan fingerprint density at radius 1 is 1.19 bits per heavy atom. The van der Waals surface area contributed by atoms with Crippen LogP contribution in [-0.2, 0) is 0 Å². The van der Waals surface area contributed by atoms with E-state index in [1.54, 1.807) is 12.1 Å². The quantitative estimate of drug-likeness (QED) is 0.655. The molecule has 1 aliphatic carbocycles. The second-order valence-electron chi connectivity index (χ2n) is 4.82. The number of hydrazine groups is 1. The van der Waals surface area contributed by atoms with Gasteiger partial charge in [0.05, 0.1) is 0 Å². The monoisotopic (exact) mass is 292 g/mol. The van der Waals surface area contributed by atoms with Crippen molar-refractivity contribution in [3.05, 3.63) is 36.0 Å². The zero-order valence-electron chi connectivity index (χ0n) is 11.1.